The van der Waals surface area contributed by atoms with Crippen LogP contribution in [0.3, 0.4) is 0 Å². The Labute approximate surface area is 85.3 Å². The van der Waals surface area contributed by atoms with Crippen molar-refractivity contribution in [2.24, 2.45) is 0 Å². The van der Waals surface area contributed by atoms with Crippen LogP contribution in [0.5, 0.6) is 16.7 Å². The first-order valence-corrected chi connectivity index (χ1v) is 4.77. The lowest BCUT2D eigenvalue weighted by atomic mass is 10.3. The van der Waals surface area contributed by atoms with Crippen molar-refractivity contribution in [2.45, 2.75) is 0 Å². The molecule has 0 aliphatic rings. The molecule has 0 radical (unpaired) electrons. The molecule has 1 aromatic carbocycles. The van der Waals surface area contributed by atoms with Crippen LogP contribution in [0.1, 0.15) is 0 Å². The monoisotopic (exact) mass is 208 g/mol. The quantitative estimate of drug-likeness (QED) is 0.776. The van der Waals surface area contributed by atoms with Gasteiger partial charge in [-0.3, -0.25) is 0 Å². The molecule has 0 saturated carbocycles. The van der Waals surface area contributed by atoms with E-state index in [1.807, 2.05) is 30.3 Å². The molecule has 0 unspecified atom stereocenters. The molecular formula is C9H8N2O2S. The predicted molar refractivity (Wildman–Crippen MR) is 53.0 cm³/mol. The van der Waals surface area contributed by atoms with Gasteiger partial charge in [0.2, 0.25) is 0 Å². The molecule has 0 N–H and O–H groups in total. The standard InChI is InChI=1S/C9H8N2O2S/c1-12-9-8(10-11-14-9)13-7-5-3-2-4-6-7/h2-6H,1H3. The Balaban J connectivity index is 2.19. The molecule has 0 bridgehead atoms. The van der Waals surface area contributed by atoms with E-state index in [1.165, 1.54) is 0 Å². The topological polar surface area (TPSA) is 44.2 Å². The molecule has 4 nitrogen and oxygen atoms in total. The van der Waals surface area contributed by atoms with Gasteiger partial charge in [-0.05, 0) is 12.1 Å². The largest absolute Gasteiger partial charge is 0.482 e. The smallest absolute Gasteiger partial charge is 0.295 e. The van der Waals surface area contributed by atoms with Gasteiger partial charge in [-0.1, -0.05) is 27.8 Å². The molecule has 14 heavy (non-hydrogen) atoms. The lowest BCUT2D eigenvalue weighted by Crippen LogP contribution is -1.87. The summed E-state index contributed by atoms with van der Waals surface area (Å²) < 4.78 is 14.2. The van der Waals surface area contributed by atoms with Gasteiger partial charge in [0.15, 0.2) is 0 Å². The number of ether oxygens (including phenoxy) is 2. The summed E-state index contributed by atoms with van der Waals surface area (Å²) in [6.45, 7) is 0. The number of hydrogen-bond donors (Lipinski definition) is 0. The molecule has 0 amide bonds. The van der Waals surface area contributed by atoms with E-state index in [1.54, 1.807) is 7.11 Å². The van der Waals surface area contributed by atoms with E-state index in [4.69, 9.17) is 9.47 Å². The zero-order chi connectivity index (χ0) is 9.80. The Morgan fingerprint density at radius 1 is 1.21 bits per heavy atom. The number of hydrogen-bond acceptors (Lipinski definition) is 5. The number of aromatic nitrogens is 2. The van der Waals surface area contributed by atoms with E-state index in [-0.39, 0.29) is 0 Å². The normalized spacial score (nSPS) is 9.79. The highest BCUT2D eigenvalue weighted by atomic mass is 32.1. The van der Waals surface area contributed by atoms with E-state index >= 15 is 0 Å². The zero-order valence-electron chi connectivity index (χ0n) is 7.51. The summed E-state index contributed by atoms with van der Waals surface area (Å²) >= 11 is 1.16. The van der Waals surface area contributed by atoms with Gasteiger partial charge >= 0.3 is 0 Å². The summed E-state index contributed by atoms with van der Waals surface area (Å²) in [6, 6.07) is 9.39. The Morgan fingerprint density at radius 3 is 2.71 bits per heavy atom. The van der Waals surface area contributed by atoms with Crippen molar-refractivity contribution >= 4 is 11.5 Å². The van der Waals surface area contributed by atoms with Crippen LogP contribution in [0.4, 0.5) is 0 Å². The van der Waals surface area contributed by atoms with Crippen molar-refractivity contribution in [3.05, 3.63) is 30.3 Å². The Morgan fingerprint density at radius 2 is 2.00 bits per heavy atom. The van der Waals surface area contributed by atoms with Crippen LogP contribution >= 0.6 is 11.5 Å². The highest BCUT2D eigenvalue weighted by molar-refractivity contribution is 7.07. The molecular weight excluding hydrogens is 200 g/mol. The predicted octanol–water partition coefficient (Wildman–Crippen LogP) is 2.34. The summed E-state index contributed by atoms with van der Waals surface area (Å²) in [5.74, 6) is 1.13. The minimum absolute atomic E-state index is 0.406. The summed E-state index contributed by atoms with van der Waals surface area (Å²) in [6.07, 6.45) is 0. The van der Waals surface area contributed by atoms with Gasteiger partial charge in [0.25, 0.3) is 10.9 Å². The lowest BCUT2D eigenvalue weighted by Gasteiger charge is -2.01. The minimum atomic E-state index is 0.406. The van der Waals surface area contributed by atoms with E-state index in [2.05, 4.69) is 9.59 Å². The Hall–Kier alpha value is -1.62. The second-order valence-electron chi connectivity index (χ2n) is 2.48. The van der Waals surface area contributed by atoms with E-state index < -0.39 is 0 Å². The maximum atomic E-state index is 5.45. The van der Waals surface area contributed by atoms with E-state index in [0.29, 0.717) is 10.9 Å². The van der Waals surface area contributed by atoms with E-state index in [0.717, 1.165) is 17.3 Å². The molecule has 0 spiro atoms. The highest BCUT2D eigenvalue weighted by Gasteiger charge is 2.09. The van der Waals surface area contributed by atoms with Crippen molar-refractivity contribution in [1.82, 2.24) is 9.59 Å². The molecule has 1 aromatic heterocycles. The van der Waals surface area contributed by atoms with Crippen LogP contribution in [0.15, 0.2) is 30.3 Å². The van der Waals surface area contributed by atoms with Gasteiger partial charge in [0.05, 0.1) is 7.11 Å². The second kappa shape index (κ2) is 4.06. The fourth-order valence-electron chi connectivity index (χ4n) is 0.961. The third-order valence-corrected chi connectivity index (χ3v) is 2.24. The SMILES string of the molecule is COc1snnc1Oc1ccccc1. The van der Waals surface area contributed by atoms with Crippen molar-refractivity contribution < 1.29 is 9.47 Å². The van der Waals surface area contributed by atoms with Crippen molar-refractivity contribution in [3.63, 3.8) is 0 Å². The van der Waals surface area contributed by atoms with Crippen LogP contribution < -0.4 is 9.47 Å². The number of para-hydroxylation sites is 1. The first kappa shape index (κ1) is 8.96. The van der Waals surface area contributed by atoms with Crippen molar-refractivity contribution in [1.29, 1.82) is 0 Å². The number of rotatable bonds is 3. The highest BCUT2D eigenvalue weighted by Crippen LogP contribution is 2.31. The fourth-order valence-corrected chi connectivity index (χ4v) is 1.39. The number of benzene rings is 1. The van der Waals surface area contributed by atoms with Crippen LogP contribution in [-0.2, 0) is 0 Å². The number of nitrogens with zero attached hydrogens (tertiary/aromatic N) is 2. The first-order chi connectivity index (χ1) is 6.90. The van der Waals surface area contributed by atoms with Crippen molar-refractivity contribution in [3.8, 4) is 16.7 Å². The molecule has 72 valence electrons. The maximum Gasteiger partial charge on any atom is 0.295 e. The summed E-state index contributed by atoms with van der Waals surface area (Å²) in [5, 5.41) is 4.38. The Kier molecular flexibility index (Phi) is 2.60. The molecule has 0 saturated heterocycles. The summed E-state index contributed by atoms with van der Waals surface area (Å²) in [5.41, 5.74) is 0. The van der Waals surface area contributed by atoms with Crippen LogP contribution in [-0.4, -0.2) is 16.7 Å². The molecule has 0 aliphatic heterocycles. The van der Waals surface area contributed by atoms with Gasteiger partial charge in [-0.15, -0.1) is 0 Å². The zero-order valence-corrected chi connectivity index (χ0v) is 8.32. The van der Waals surface area contributed by atoms with Crippen LogP contribution in [0, 0.1) is 0 Å². The molecule has 0 aliphatic carbocycles. The average molecular weight is 208 g/mol. The average Bonchev–Trinajstić information content (AvgIpc) is 2.67. The van der Waals surface area contributed by atoms with Crippen LogP contribution in [0.2, 0.25) is 0 Å². The fraction of sp³-hybridized carbons (Fsp3) is 0.111. The third-order valence-electron chi connectivity index (χ3n) is 1.57. The molecule has 2 aromatic rings. The maximum absolute atomic E-state index is 5.45. The molecule has 0 atom stereocenters. The van der Waals surface area contributed by atoms with E-state index in [9.17, 15) is 0 Å². The van der Waals surface area contributed by atoms with Crippen LogP contribution in [0.25, 0.3) is 0 Å². The molecule has 5 heteroatoms. The van der Waals surface area contributed by atoms with Gasteiger partial charge < -0.3 is 9.47 Å². The minimum Gasteiger partial charge on any atom is -0.482 e. The Bertz CT molecular complexity index is 402. The molecule has 0 fully saturated rings. The first-order valence-electron chi connectivity index (χ1n) is 3.99. The summed E-state index contributed by atoms with van der Waals surface area (Å²) in [7, 11) is 1.56. The summed E-state index contributed by atoms with van der Waals surface area (Å²) in [4.78, 5) is 0. The van der Waals surface area contributed by atoms with Gasteiger partial charge in [0, 0.05) is 11.5 Å². The molecule has 2 rings (SSSR count). The number of methoxy groups -OCH3 is 1. The second-order valence-corrected chi connectivity index (χ2v) is 3.20. The molecule has 1 heterocycles. The van der Waals surface area contributed by atoms with Gasteiger partial charge in [-0.2, -0.15) is 0 Å². The third kappa shape index (κ3) is 1.82. The van der Waals surface area contributed by atoms with Crippen molar-refractivity contribution in [2.75, 3.05) is 7.11 Å². The van der Waals surface area contributed by atoms with Gasteiger partial charge in [0.1, 0.15) is 5.75 Å². The lowest BCUT2D eigenvalue weighted by molar-refractivity contribution is 0.381. The van der Waals surface area contributed by atoms with Gasteiger partial charge in [-0.25, -0.2) is 0 Å².